The van der Waals surface area contributed by atoms with Crippen LogP contribution in [0.25, 0.3) is 60.5 Å². The predicted molar refractivity (Wildman–Crippen MR) is 150 cm³/mol. The van der Waals surface area contributed by atoms with E-state index in [0.29, 0.717) is 0 Å². The maximum Gasteiger partial charge on any atom is 0.138 e. The molecule has 0 atom stereocenters. The quantitative estimate of drug-likeness (QED) is 0.224. The number of aromatic amines is 2. The highest BCUT2D eigenvalue weighted by Crippen LogP contribution is 2.37. The monoisotopic (exact) mass is 490 g/mol. The van der Waals surface area contributed by atoms with Crippen molar-refractivity contribution in [2.24, 2.45) is 0 Å². The molecule has 3 N–H and O–H groups in total. The third kappa shape index (κ3) is 4.02. The molecule has 178 valence electrons. The van der Waals surface area contributed by atoms with Crippen LogP contribution in [-0.4, -0.2) is 31.7 Å². The Labute approximate surface area is 213 Å². The molecule has 0 amide bonds. The minimum atomic E-state index is 0.805. The number of rotatable bonds is 7. The maximum atomic E-state index is 4.66. The first kappa shape index (κ1) is 22.4. The van der Waals surface area contributed by atoms with E-state index in [1.54, 1.807) is 11.3 Å². The van der Waals surface area contributed by atoms with Gasteiger partial charge in [-0.25, -0.2) is 4.98 Å². The summed E-state index contributed by atoms with van der Waals surface area (Å²) in [6.07, 6.45) is 5.68. The van der Waals surface area contributed by atoms with E-state index in [2.05, 4.69) is 92.5 Å². The fourth-order valence-corrected chi connectivity index (χ4v) is 5.46. The second-order valence-corrected chi connectivity index (χ2v) is 10.0. The van der Waals surface area contributed by atoms with Gasteiger partial charge in [-0.2, -0.15) is 5.10 Å². The van der Waals surface area contributed by atoms with Gasteiger partial charge in [0.15, 0.2) is 0 Å². The van der Waals surface area contributed by atoms with Crippen LogP contribution in [-0.2, 0) is 6.54 Å². The van der Waals surface area contributed by atoms with Crippen LogP contribution in [0.1, 0.15) is 24.3 Å². The SMILES string of the molecule is C=C(C)c1ccc(-c2ccnc3[nH]c(-c4n[nH]c5ccc(-c6cncc(CNCC)c6)cc45)cc23)s1. The fourth-order valence-electron chi connectivity index (χ4n) is 4.49. The standard InChI is InChI=1S/C29H26N6S/c1-4-30-14-18-11-20(16-31-15-18)19-5-6-24-23(12-19)28(35-34-24)25-13-22-21(9-10-32-29(22)33-25)27-8-7-26(36-27)17(2)3/h5-13,15-16,30H,2,4,14H2,1,3H3,(H,32,33)(H,34,35). The number of nitrogens with one attached hydrogen (secondary N) is 3. The number of hydrogen-bond acceptors (Lipinski definition) is 5. The molecule has 0 unspecified atom stereocenters. The molecule has 0 bridgehead atoms. The zero-order chi connectivity index (χ0) is 24.6. The highest BCUT2D eigenvalue weighted by molar-refractivity contribution is 7.16. The number of allylic oxidation sites excluding steroid dienone is 1. The Hall–Kier alpha value is -4.07. The van der Waals surface area contributed by atoms with Crippen molar-refractivity contribution in [3.63, 3.8) is 0 Å². The van der Waals surface area contributed by atoms with Gasteiger partial charge in [0.25, 0.3) is 0 Å². The molecule has 0 saturated carbocycles. The predicted octanol–water partition coefficient (Wildman–Crippen LogP) is 7.04. The van der Waals surface area contributed by atoms with E-state index in [-0.39, 0.29) is 0 Å². The molecule has 6 aromatic rings. The molecule has 0 saturated heterocycles. The van der Waals surface area contributed by atoms with E-state index < -0.39 is 0 Å². The van der Waals surface area contributed by atoms with Crippen molar-refractivity contribution < 1.29 is 0 Å². The van der Waals surface area contributed by atoms with Gasteiger partial charge in [0.2, 0.25) is 0 Å². The lowest BCUT2D eigenvalue weighted by Gasteiger charge is -2.06. The number of nitrogens with zero attached hydrogens (tertiary/aromatic N) is 3. The van der Waals surface area contributed by atoms with Gasteiger partial charge in [-0.15, -0.1) is 11.3 Å². The van der Waals surface area contributed by atoms with Gasteiger partial charge in [-0.05, 0) is 72.6 Å². The normalized spacial score (nSPS) is 11.5. The van der Waals surface area contributed by atoms with Crippen LogP contribution in [0.3, 0.4) is 0 Å². The molecule has 6 nitrogen and oxygen atoms in total. The Bertz CT molecular complexity index is 1720. The number of benzene rings is 1. The summed E-state index contributed by atoms with van der Waals surface area (Å²) in [7, 11) is 0. The van der Waals surface area contributed by atoms with Gasteiger partial charge in [-0.3, -0.25) is 10.1 Å². The number of pyridine rings is 2. The second kappa shape index (κ2) is 9.18. The summed E-state index contributed by atoms with van der Waals surface area (Å²) in [4.78, 5) is 14.9. The summed E-state index contributed by atoms with van der Waals surface area (Å²) in [6, 6.07) is 17.1. The first-order valence-electron chi connectivity index (χ1n) is 12.0. The average molecular weight is 491 g/mol. The van der Waals surface area contributed by atoms with Crippen molar-refractivity contribution in [2.75, 3.05) is 6.54 Å². The largest absolute Gasteiger partial charge is 0.338 e. The summed E-state index contributed by atoms with van der Waals surface area (Å²) in [5.41, 5.74) is 9.24. The van der Waals surface area contributed by atoms with Crippen LogP contribution >= 0.6 is 11.3 Å². The van der Waals surface area contributed by atoms with Crippen LogP contribution in [0, 0.1) is 0 Å². The zero-order valence-corrected chi connectivity index (χ0v) is 21.0. The first-order chi connectivity index (χ1) is 17.6. The van der Waals surface area contributed by atoms with Crippen LogP contribution in [0.2, 0.25) is 0 Å². The van der Waals surface area contributed by atoms with E-state index in [0.717, 1.165) is 68.7 Å². The van der Waals surface area contributed by atoms with E-state index in [1.807, 2.05) is 25.5 Å². The molecule has 36 heavy (non-hydrogen) atoms. The highest BCUT2D eigenvalue weighted by atomic mass is 32.1. The third-order valence-electron chi connectivity index (χ3n) is 6.35. The van der Waals surface area contributed by atoms with Crippen molar-refractivity contribution >= 4 is 38.8 Å². The number of thiophene rings is 1. The van der Waals surface area contributed by atoms with Gasteiger partial charge in [-0.1, -0.05) is 19.6 Å². The number of H-pyrrole nitrogens is 2. The summed E-state index contributed by atoms with van der Waals surface area (Å²) >= 11 is 1.75. The third-order valence-corrected chi connectivity index (χ3v) is 7.63. The number of fused-ring (bicyclic) bond motifs is 2. The molecule has 0 aliphatic heterocycles. The number of aromatic nitrogens is 5. The van der Waals surface area contributed by atoms with Gasteiger partial charge >= 0.3 is 0 Å². The van der Waals surface area contributed by atoms with E-state index in [9.17, 15) is 0 Å². The Morgan fingerprint density at radius 2 is 1.94 bits per heavy atom. The van der Waals surface area contributed by atoms with Crippen molar-refractivity contribution in [1.29, 1.82) is 0 Å². The lowest BCUT2D eigenvalue weighted by atomic mass is 10.0. The second-order valence-electron chi connectivity index (χ2n) is 8.94. The van der Waals surface area contributed by atoms with Crippen molar-refractivity contribution in [2.45, 2.75) is 20.4 Å². The minimum absolute atomic E-state index is 0.805. The van der Waals surface area contributed by atoms with Gasteiger partial charge in [0, 0.05) is 56.8 Å². The van der Waals surface area contributed by atoms with Crippen molar-refractivity contribution in [3.8, 4) is 33.0 Å². The molecule has 1 aromatic carbocycles. The molecule has 0 aliphatic carbocycles. The van der Waals surface area contributed by atoms with Crippen LogP contribution in [0.4, 0.5) is 0 Å². The molecule has 0 aliphatic rings. The molecule has 5 heterocycles. The summed E-state index contributed by atoms with van der Waals surface area (Å²) in [5.74, 6) is 0. The average Bonchev–Trinajstić information content (AvgIpc) is 3.64. The van der Waals surface area contributed by atoms with E-state index in [4.69, 9.17) is 0 Å². The summed E-state index contributed by atoms with van der Waals surface area (Å²) in [5, 5.41) is 13.4. The fraction of sp³-hybridized carbons (Fsp3) is 0.138. The summed E-state index contributed by atoms with van der Waals surface area (Å²) in [6.45, 7) is 9.96. The van der Waals surface area contributed by atoms with Crippen LogP contribution < -0.4 is 5.32 Å². The molecule has 0 spiro atoms. The Balaban J connectivity index is 1.42. The van der Waals surface area contributed by atoms with Gasteiger partial charge in [0.1, 0.15) is 11.3 Å². The first-order valence-corrected chi connectivity index (χ1v) is 12.8. The minimum Gasteiger partial charge on any atom is -0.338 e. The summed E-state index contributed by atoms with van der Waals surface area (Å²) < 4.78 is 0. The van der Waals surface area contributed by atoms with Gasteiger partial charge < -0.3 is 10.3 Å². The molecule has 5 aromatic heterocycles. The lowest BCUT2D eigenvalue weighted by molar-refractivity contribution is 0.724. The molecule has 0 fully saturated rings. The Morgan fingerprint density at radius 1 is 1.03 bits per heavy atom. The van der Waals surface area contributed by atoms with Crippen LogP contribution in [0.5, 0.6) is 0 Å². The molecular weight excluding hydrogens is 464 g/mol. The van der Waals surface area contributed by atoms with Crippen LogP contribution in [0.15, 0.2) is 73.7 Å². The van der Waals surface area contributed by atoms with Gasteiger partial charge in [0.05, 0.1) is 11.2 Å². The Kier molecular flexibility index (Phi) is 5.71. The molecule has 7 heteroatoms. The smallest absolute Gasteiger partial charge is 0.138 e. The zero-order valence-electron chi connectivity index (χ0n) is 20.2. The van der Waals surface area contributed by atoms with Crippen molar-refractivity contribution in [1.82, 2.24) is 30.5 Å². The number of hydrogen-bond donors (Lipinski definition) is 3. The maximum absolute atomic E-state index is 4.66. The molecule has 0 radical (unpaired) electrons. The lowest BCUT2D eigenvalue weighted by Crippen LogP contribution is -2.11. The van der Waals surface area contributed by atoms with Crippen molar-refractivity contribution in [3.05, 3.63) is 84.1 Å². The molecule has 6 rings (SSSR count). The topological polar surface area (TPSA) is 82.3 Å². The molecular formula is C29H26N6S. The van der Waals surface area contributed by atoms with E-state index in [1.165, 1.54) is 15.3 Å². The highest BCUT2D eigenvalue weighted by Gasteiger charge is 2.16. The van der Waals surface area contributed by atoms with E-state index >= 15 is 0 Å². The Morgan fingerprint density at radius 3 is 2.78 bits per heavy atom.